The fraction of sp³-hybridized carbons (Fsp3) is 0.625. The standard InChI is InChI=1S/C16H21N3O13/c17-12(26)11(32-15-8(25)4(21)5(22)10(31-15)14(27)28)9-6(23)7(24)13(30-9)19-3(20)1-2-18-16(19)29/h1-2,4-11,13,15,21-25H,(H2,17,26)(H,18,29)(H,27,28). The SMILES string of the molecule is NC(=O)C(OC1OC(C(=O)O)C(O)C(O)C1O)C1OC(n2c(=O)cc[nH]c2=O)C(O)C1O. The number of aromatic amines is 1. The van der Waals surface area contributed by atoms with Crippen molar-refractivity contribution in [1.29, 1.82) is 0 Å². The minimum atomic E-state index is -2.06. The van der Waals surface area contributed by atoms with Gasteiger partial charge in [-0.15, -0.1) is 0 Å². The van der Waals surface area contributed by atoms with Crippen molar-refractivity contribution >= 4 is 11.9 Å². The molecule has 2 saturated heterocycles. The van der Waals surface area contributed by atoms with E-state index in [0.29, 0.717) is 4.57 Å². The summed E-state index contributed by atoms with van der Waals surface area (Å²) in [7, 11) is 0. The second kappa shape index (κ2) is 9.04. The Bertz CT molecular complexity index is 950. The summed E-state index contributed by atoms with van der Waals surface area (Å²) in [6.07, 6.45) is -18.7. The number of hydrogen-bond acceptors (Lipinski definition) is 12. The zero-order chi connectivity index (χ0) is 23.9. The largest absolute Gasteiger partial charge is 0.479 e. The molecule has 16 nitrogen and oxygen atoms in total. The highest BCUT2D eigenvalue weighted by Gasteiger charge is 2.53. The van der Waals surface area contributed by atoms with Gasteiger partial charge in [-0.25, -0.2) is 14.2 Å². The van der Waals surface area contributed by atoms with Crippen LogP contribution in [-0.4, -0.2) is 107 Å². The third-order valence-electron chi connectivity index (χ3n) is 5.09. The number of carboxylic acids is 1. The van der Waals surface area contributed by atoms with Gasteiger partial charge in [-0.1, -0.05) is 0 Å². The van der Waals surface area contributed by atoms with Crippen LogP contribution < -0.4 is 17.0 Å². The highest BCUT2D eigenvalue weighted by atomic mass is 16.7. The van der Waals surface area contributed by atoms with Crippen LogP contribution in [-0.2, 0) is 23.8 Å². The molecule has 9 N–H and O–H groups in total. The van der Waals surface area contributed by atoms with Gasteiger partial charge in [-0.3, -0.25) is 9.59 Å². The molecule has 3 rings (SSSR count). The van der Waals surface area contributed by atoms with Crippen molar-refractivity contribution < 1.29 is 54.4 Å². The molecular formula is C16H21N3O13. The summed E-state index contributed by atoms with van der Waals surface area (Å²) in [5.41, 5.74) is 3.34. The molecule has 2 aliphatic rings. The molecule has 0 aliphatic carbocycles. The summed E-state index contributed by atoms with van der Waals surface area (Å²) in [5.74, 6) is -3.05. The van der Waals surface area contributed by atoms with Crippen molar-refractivity contribution in [2.75, 3.05) is 0 Å². The number of carbonyl (C=O) groups excluding carboxylic acids is 1. The first-order valence-corrected chi connectivity index (χ1v) is 9.14. The first-order chi connectivity index (χ1) is 15.0. The number of primary amides is 1. The van der Waals surface area contributed by atoms with Crippen molar-refractivity contribution in [3.8, 4) is 0 Å². The molecule has 0 radical (unpaired) electrons. The number of ether oxygens (including phenoxy) is 3. The van der Waals surface area contributed by atoms with Crippen LogP contribution in [0.2, 0.25) is 0 Å². The van der Waals surface area contributed by atoms with E-state index in [2.05, 4.69) is 4.98 Å². The van der Waals surface area contributed by atoms with E-state index in [-0.39, 0.29) is 0 Å². The van der Waals surface area contributed by atoms with Crippen LogP contribution in [0.1, 0.15) is 6.23 Å². The first kappa shape index (κ1) is 24.0. The number of aliphatic hydroxyl groups excluding tert-OH is 5. The molecule has 0 spiro atoms. The van der Waals surface area contributed by atoms with E-state index in [1.165, 1.54) is 0 Å². The molecule has 10 unspecified atom stereocenters. The van der Waals surface area contributed by atoms with Crippen LogP contribution in [0.4, 0.5) is 0 Å². The zero-order valence-corrected chi connectivity index (χ0v) is 16.0. The van der Waals surface area contributed by atoms with Crippen LogP contribution in [0.25, 0.3) is 0 Å². The summed E-state index contributed by atoms with van der Waals surface area (Å²) in [4.78, 5) is 49.3. The monoisotopic (exact) mass is 463 g/mol. The molecule has 10 atom stereocenters. The number of carboxylic acid groups (broad SMARTS) is 1. The van der Waals surface area contributed by atoms with Crippen LogP contribution in [0.3, 0.4) is 0 Å². The molecule has 2 aliphatic heterocycles. The molecule has 0 bridgehead atoms. The van der Waals surface area contributed by atoms with Gasteiger partial charge in [0, 0.05) is 12.3 Å². The molecular weight excluding hydrogens is 442 g/mol. The Morgan fingerprint density at radius 2 is 1.69 bits per heavy atom. The Balaban J connectivity index is 1.87. The first-order valence-electron chi connectivity index (χ1n) is 9.14. The molecule has 32 heavy (non-hydrogen) atoms. The maximum absolute atomic E-state index is 12.0. The highest BCUT2D eigenvalue weighted by molar-refractivity contribution is 5.79. The van der Waals surface area contributed by atoms with Crippen LogP contribution in [0.15, 0.2) is 21.9 Å². The van der Waals surface area contributed by atoms with Crippen molar-refractivity contribution in [3.63, 3.8) is 0 Å². The Morgan fingerprint density at radius 1 is 1.03 bits per heavy atom. The maximum Gasteiger partial charge on any atom is 0.335 e. The van der Waals surface area contributed by atoms with Gasteiger partial charge in [0.05, 0.1) is 0 Å². The van der Waals surface area contributed by atoms with E-state index in [1.54, 1.807) is 0 Å². The van der Waals surface area contributed by atoms with Crippen molar-refractivity contribution in [3.05, 3.63) is 33.1 Å². The molecule has 178 valence electrons. The summed E-state index contributed by atoms with van der Waals surface area (Å²) in [6.45, 7) is 0. The van der Waals surface area contributed by atoms with E-state index in [1.807, 2.05) is 0 Å². The Hall–Kier alpha value is -2.70. The number of hydrogen-bond donors (Lipinski definition) is 8. The predicted molar refractivity (Wildman–Crippen MR) is 95.6 cm³/mol. The lowest BCUT2D eigenvalue weighted by Gasteiger charge is -2.40. The molecule has 3 heterocycles. The van der Waals surface area contributed by atoms with Gasteiger partial charge < -0.3 is 55.6 Å². The van der Waals surface area contributed by atoms with Gasteiger partial charge in [0.1, 0.15) is 36.6 Å². The average Bonchev–Trinajstić information content (AvgIpc) is 3.00. The molecule has 1 aromatic rings. The summed E-state index contributed by atoms with van der Waals surface area (Å²) < 4.78 is 15.8. The normalized spacial score (nSPS) is 38.3. The van der Waals surface area contributed by atoms with E-state index >= 15 is 0 Å². The number of H-pyrrole nitrogens is 1. The van der Waals surface area contributed by atoms with Gasteiger partial charge in [0.25, 0.3) is 5.56 Å². The lowest BCUT2D eigenvalue weighted by Crippen LogP contribution is -2.62. The summed E-state index contributed by atoms with van der Waals surface area (Å²) >= 11 is 0. The average molecular weight is 463 g/mol. The number of aliphatic carboxylic acids is 1. The predicted octanol–water partition coefficient (Wildman–Crippen LogP) is -6.08. The molecule has 1 aromatic heterocycles. The third-order valence-corrected chi connectivity index (χ3v) is 5.09. The van der Waals surface area contributed by atoms with Gasteiger partial charge in [0.15, 0.2) is 24.7 Å². The lowest BCUT2D eigenvalue weighted by atomic mass is 9.98. The third kappa shape index (κ3) is 4.17. The number of nitrogens with two attached hydrogens (primary N) is 1. The topological polar surface area (TPSA) is 264 Å². The number of rotatable bonds is 6. The van der Waals surface area contributed by atoms with Gasteiger partial charge in [-0.05, 0) is 0 Å². The Morgan fingerprint density at radius 3 is 2.25 bits per heavy atom. The van der Waals surface area contributed by atoms with Crippen LogP contribution >= 0.6 is 0 Å². The Kier molecular flexibility index (Phi) is 6.77. The van der Waals surface area contributed by atoms with Crippen molar-refractivity contribution in [2.45, 2.75) is 61.3 Å². The molecule has 1 amide bonds. The fourth-order valence-corrected chi connectivity index (χ4v) is 3.44. The number of nitrogens with zero attached hydrogens (tertiary/aromatic N) is 1. The number of aliphatic hydroxyl groups is 5. The lowest BCUT2D eigenvalue weighted by molar-refractivity contribution is -0.309. The second-order valence-electron chi connectivity index (χ2n) is 7.16. The highest BCUT2D eigenvalue weighted by Crippen LogP contribution is 2.32. The minimum absolute atomic E-state index is 0.429. The maximum atomic E-state index is 12.0. The van der Waals surface area contributed by atoms with E-state index < -0.39 is 84.5 Å². The fourth-order valence-electron chi connectivity index (χ4n) is 3.44. The number of aromatic nitrogens is 2. The molecule has 0 saturated carbocycles. The van der Waals surface area contributed by atoms with Crippen LogP contribution in [0, 0.1) is 0 Å². The summed E-state index contributed by atoms with van der Waals surface area (Å²) in [6, 6.07) is 0.935. The van der Waals surface area contributed by atoms with Gasteiger partial charge in [-0.2, -0.15) is 0 Å². The zero-order valence-electron chi connectivity index (χ0n) is 16.0. The Labute approximate surface area is 177 Å². The number of nitrogens with one attached hydrogen (secondary N) is 1. The molecule has 0 aromatic carbocycles. The van der Waals surface area contributed by atoms with E-state index in [4.69, 9.17) is 25.1 Å². The number of amides is 1. The van der Waals surface area contributed by atoms with Gasteiger partial charge >= 0.3 is 11.7 Å². The van der Waals surface area contributed by atoms with E-state index in [9.17, 15) is 44.7 Å². The molecule has 2 fully saturated rings. The summed E-state index contributed by atoms with van der Waals surface area (Å²) in [5, 5.41) is 59.3. The second-order valence-corrected chi connectivity index (χ2v) is 7.16. The smallest absolute Gasteiger partial charge is 0.335 e. The molecule has 16 heteroatoms. The van der Waals surface area contributed by atoms with Crippen LogP contribution in [0.5, 0.6) is 0 Å². The van der Waals surface area contributed by atoms with Gasteiger partial charge in [0.2, 0.25) is 5.91 Å². The quantitative estimate of drug-likeness (QED) is 0.195. The van der Waals surface area contributed by atoms with E-state index in [0.717, 1.165) is 12.3 Å². The minimum Gasteiger partial charge on any atom is -0.479 e. The van der Waals surface area contributed by atoms with Crippen molar-refractivity contribution in [2.24, 2.45) is 5.73 Å². The van der Waals surface area contributed by atoms with Crippen molar-refractivity contribution in [1.82, 2.24) is 9.55 Å². The number of carbonyl (C=O) groups is 2.